The van der Waals surface area contributed by atoms with E-state index in [9.17, 15) is 18.0 Å². The van der Waals surface area contributed by atoms with E-state index in [2.05, 4.69) is 10.3 Å². The number of aromatic nitrogens is 2. The number of fused-ring (bicyclic) bond motifs is 1. The molecule has 0 bridgehead atoms. The maximum atomic E-state index is 13.0. The van der Waals surface area contributed by atoms with Gasteiger partial charge in [0.2, 0.25) is 5.91 Å². The third-order valence-electron chi connectivity index (χ3n) is 5.17. The van der Waals surface area contributed by atoms with Crippen LogP contribution in [0.15, 0.2) is 34.2 Å². The largest absolute Gasteiger partial charge is 0.376 e. The van der Waals surface area contributed by atoms with E-state index in [1.165, 1.54) is 11.8 Å². The van der Waals surface area contributed by atoms with Crippen LogP contribution in [0, 0.1) is 0 Å². The van der Waals surface area contributed by atoms with Gasteiger partial charge in [0.1, 0.15) is 0 Å². The molecule has 0 spiro atoms. The molecule has 10 heteroatoms. The Morgan fingerprint density at radius 2 is 2.14 bits per heavy atom. The van der Waals surface area contributed by atoms with Gasteiger partial charge >= 0.3 is 0 Å². The molecule has 2 atom stereocenters. The molecule has 1 aromatic heterocycles. The molecule has 2 aliphatic rings. The number of rotatable bonds is 6. The minimum absolute atomic E-state index is 0.0125. The summed E-state index contributed by atoms with van der Waals surface area (Å²) in [7, 11) is -3.05. The number of hydrogen-bond donors (Lipinski definition) is 1. The molecule has 29 heavy (non-hydrogen) atoms. The normalized spacial score (nSPS) is 23.4. The Bertz CT molecular complexity index is 1080. The second-order valence-electron chi connectivity index (χ2n) is 7.42. The van der Waals surface area contributed by atoms with Crippen LogP contribution in [0.25, 0.3) is 10.9 Å². The molecule has 4 rings (SSSR count). The molecule has 2 aromatic rings. The summed E-state index contributed by atoms with van der Waals surface area (Å²) in [6.45, 7) is 1.09. The molecule has 0 aliphatic carbocycles. The summed E-state index contributed by atoms with van der Waals surface area (Å²) < 4.78 is 30.4. The lowest BCUT2D eigenvalue weighted by atomic mass is 10.2. The fourth-order valence-corrected chi connectivity index (χ4v) is 6.21. The summed E-state index contributed by atoms with van der Waals surface area (Å²) in [6.07, 6.45) is 2.26. The van der Waals surface area contributed by atoms with Gasteiger partial charge < -0.3 is 10.1 Å². The highest BCUT2D eigenvalue weighted by Gasteiger charge is 2.29. The van der Waals surface area contributed by atoms with E-state index in [0.717, 1.165) is 12.8 Å². The van der Waals surface area contributed by atoms with Crippen molar-refractivity contribution in [3.63, 3.8) is 0 Å². The number of para-hydroxylation sites is 1. The first-order chi connectivity index (χ1) is 13.9. The van der Waals surface area contributed by atoms with E-state index in [1.54, 1.807) is 22.8 Å². The minimum atomic E-state index is -3.05. The van der Waals surface area contributed by atoms with E-state index in [4.69, 9.17) is 4.74 Å². The number of ether oxygens (including phenoxy) is 1. The smallest absolute Gasteiger partial charge is 0.262 e. The predicted octanol–water partition coefficient (Wildman–Crippen LogP) is 0.971. The van der Waals surface area contributed by atoms with Crippen molar-refractivity contribution in [1.82, 2.24) is 14.9 Å². The van der Waals surface area contributed by atoms with Crippen LogP contribution in [0.4, 0.5) is 0 Å². The third kappa shape index (κ3) is 4.81. The molecular formula is C19H23N3O5S2. The molecule has 2 saturated heterocycles. The average Bonchev–Trinajstić information content (AvgIpc) is 3.32. The standard InChI is InChI=1S/C19H23N3O5S2/c23-17(20-13-7-9-29(25,26)12-13)11-28-19-21-16-6-2-1-5-15(16)18(24)22(19)10-14-4-3-8-27-14/h1-2,5-6,13-14H,3-4,7-12H2,(H,20,23). The van der Waals surface area contributed by atoms with Gasteiger partial charge in [0.25, 0.3) is 5.56 Å². The maximum Gasteiger partial charge on any atom is 0.262 e. The van der Waals surface area contributed by atoms with E-state index >= 15 is 0 Å². The van der Waals surface area contributed by atoms with Crippen LogP contribution in [0.3, 0.4) is 0 Å². The average molecular weight is 438 g/mol. The first-order valence-electron chi connectivity index (χ1n) is 9.65. The number of benzene rings is 1. The second-order valence-corrected chi connectivity index (χ2v) is 10.6. The molecule has 0 saturated carbocycles. The van der Waals surface area contributed by atoms with Crippen LogP contribution >= 0.6 is 11.8 Å². The molecule has 156 valence electrons. The van der Waals surface area contributed by atoms with Gasteiger partial charge in [0.05, 0.1) is 40.8 Å². The van der Waals surface area contributed by atoms with Gasteiger partial charge in [-0.15, -0.1) is 0 Å². The van der Waals surface area contributed by atoms with Gasteiger partial charge in [0.15, 0.2) is 15.0 Å². The summed E-state index contributed by atoms with van der Waals surface area (Å²) in [6, 6.07) is 6.81. The highest BCUT2D eigenvalue weighted by atomic mass is 32.2. The van der Waals surface area contributed by atoms with Crippen molar-refractivity contribution in [2.75, 3.05) is 23.9 Å². The van der Waals surface area contributed by atoms with E-state index < -0.39 is 9.84 Å². The Morgan fingerprint density at radius 1 is 1.31 bits per heavy atom. The van der Waals surface area contributed by atoms with Gasteiger partial charge in [-0.1, -0.05) is 23.9 Å². The third-order valence-corrected chi connectivity index (χ3v) is 7.91. The minimum Gasteiger partial charge on any atom is -0.376 e. The zero-order valence-corrected chi connectivity index (χ0v) is 17.5. The fraction of sp³-hybridized carbons (Fsp3) is 0.526. The fourth-order valence-electron chi connectivity index (χ4n) is 3.72. The number of carbonyl (C=O) groups excluding carboxylic acids is 1. The van der Waals surface area contributed by atoms with Crippen molar-refractivity contribution in [2.45, 2.75) is 43.1 Å². The van der Waals surface area contributed by atoms with Crippen LogP contribution in [-0.4, -0.2) is 59.9 Å². The van der Waals surface area contributed by atoms with Crippen LogP contribution in [0.2, 0.25) is 0 Å². The van der Waals surface area contributed by atoms with E-state index in [-0.39, 0.29) is 40.9 Å². The molecule has 8 nitrogen and oxygen atoms in total. The lowest BCUT2D eigenvalue weighted by molar-refractivity contribution is -0.119. The zero-order chi connectivity index (χ0) is 20.4. The number of thioether (sulfide) groups is 1. The molecule has 2 unspecified atom stereocenters. The summed E-state index contributed by atoms with van der Waals surface area (Å²) in [5.41, 5.74) is 0.446. The van der Waals surface area contributed by atoms with Crippen molar-refractivity contribution >= 4 is 38.4 Å². The number of nitrogens with zero attached hydrogens (tertiary/aromatic N) is 2. The molecule has 1 aromatic carbocycles. The van der Waals surface area contributed by atoms with Crippen molar-refractivity contribution in [1.29, 1.82) is 0 Å². The quantitative estimate of drug-likeness (QED) is 0.530. The molecule has 1 amide bonds. The number of nitrogens with one attached hydrogen (secondary N) is 1. The van der Waals surface area contributed by atoms with Gasteiger partial charge in [-0.2, -0.15) is 0 Å². The Labute approximate surface area is 172 Å². The lowest BCUT2D eigenvalue weighted by Crippen LogP contribution is -2.37. The number of amides is 1. The molecule has 2 aliphatic heterocycles. The highest BCUT2D eigenvalue weighted by molar-refractivity contribution is 7.99. The van der Waals surface area contributed by atoms with Crippen molar-refractivity contribution < 1.29 is 17.9 Å². The number of sulfone groups is 1. The Kier molecular flexibility index (Phi) is 5.93. The van der Waals surface area contributed by atoms with E-state index in [0.29, 0.717) is 35.6 Å². The van der Waals surface area contributed by atoms with Gasteiger partial charge in [-0.3, -0.25) is 14.2 Å². The second kappa shape index (κ2) is 8.45. The van der Waals surface area contributed by atoms with Crippen LogP contribution in [0.5, 0.6) is 0 Å². The van der Waals surface area contributed by atoms with Crippen molar-refractivity contribution in [3.05, 3.63) is 34.6 Å². The maximum absolute atomic E-state index is 13.0. The van der Waals surface area contributed by atoms with Crippen LogP contribution in [0.1, 0.15) is 19.3 Å². The van der Waals surface area contributed by atoms with Gasteiger partial charge in [-0.25, -0.2) is 13.4 Å². The SMILES string of the molecule is O=C(CSc1nc2ccccc2c(=O)n1CC1CCCO1)NC1CCS(=O)(=O)C1. The molecule has 0 radical (unpaired) electrons. The van der Waals surface area contributed by atoms with Crippen molar-refractivity contribution in [3.8, 4) is 0 Å². The molecule has 3 heterocycles. The first kappa shape index (κ1) is 20.4. The van der Waals surface area contributed by atoms with Gasteiger partial charge in [-0.05, 0) is 31.4 Å². The zero-order valence-electron chi connectivity index (χ0n) is 15.9. The first-order valence-corrected chi connectivity index (χ1v) is 12.5. The molecular weight excluding hydrogens is 414 g/mol. The molecule has 1 N–H and O–H groups in total. The molecule has 2 fully saturated rings. The Hall–Kier alpha value is -1.91. The summed E-state index contributed by atoms with van der Waals surface area (Å²) in [4.78, 5) is 29.9. The topological polar surface area (TPSA) is 107 Å². The van der Waals surface area contributed by atoms with E-state index in [1.807, 2.05) is 6.07 Å². The lowest BCUT2D eigenvalue weighted by Gasteiger charge is -2.17. The highest BCUT2D eigenvalue weighted by Crippen LogP contribution is 2.21. The summed E-state index contributed by atoms with van der Waals surface area (Å²) >= 11 is 1.19. The summed E-state index contributed by atoms with van der Waals surface area (Å²) in [5.74, 6) is -0.102. The Balaban J connectivity index is 1.52. The van der Waals surface area contributed by atoms with Crippen LogP contribution in [-0.2, 0) is 25.9 Å². The van der Waals surface area contributed by atoms with Crippen LogP contribution < -0.4 is 10.9 Å². The van der Waals surface area contributed by atoms with Crippen molar-refractivity contribution in [2.24, 2.45) is 0 Å². The monoisotopic (exact) mass is 437 g/mol. The Morgan fingerprint density at radius 3 is 2.86 bits per heavy atom. The van der Waals surface area contributed by atoms with Gasteiger partial charge in [0, 0.05) is 12.6 Å². The summed E-state index contributed by atoms with van der Waals surface area (Å²) in [5, 5.41) is 3.78. The predicted molar refractivity (Wildman–Crippen MR) is 111 cm³/mol. The number of hydrogen-bond acceptors (Lipinski definition) is 7. The number of carbonyl (C=O) groups is 1.